The van der Waals surface area contributed by atoms with Crippen molar-refractivity contribution in [1.82, 2.24) is 5.32 Å². The van der Waals surface area contributed by atoms with E-state index >= 15 is 0 Å². The maximum absolute atomic E-state index is 11.6. The topological polar surface area (TPSA) is 38.3 Å². The summed E-state index contributed by atoms with van der Waals surface area (Å²) in [4.78, 5) is 11.6. The predicted octanol–water partition coefficient (Wildman–Crippen LogP) is 4.03. The molecule has 0 aromatic heterocycles. The second kappa shape index (κ2) is 5.54. The Balaban J connectivity index is 2.57. The van der Waals surface area contributed by atoms with Crippen molar-refractivity contribution >= 4 is 22.0 Å². The van der Waals surface area contributed by atoms with Crippen LogP contribution >= 0.6 is 15.9 Å². The molecule has 1 aromatic rings. The van der Waals surface area contributed by atoms with E-state index in [0.29, 0.717) is 0 Å². The van der Waals surface area contributed by atoms with Crippen molar-refractivity contribution in [3.8, 4) is 0 Å². The molecule has 0 saturated heterocycles. The first-order valence-corrected chi connectivity index (χ1v) is 6.31. The molecule has 0 spiro atoms. The van der Waals surface area contributed by atoms with Gasteiger partial charge in [-0.05, 0) is 45.4 Å². The Hall–Kier alpha value is -1.03. The Bertz CT molecular complexity index is 381. The molecule has 0 bridgehead atoms. The highest BCUT2D eigenvalue weighted by Crippen LogP contribution is 2.19. The van der Waals surface area contributed by atoms with Crippen LogP contribution in [0.3, 0.4) is 0 Å². The summed E-state index contributed by atoms with van der Waals surface area (Å²) < 4.78 is 6.29. The van der Waals surface area contributed by atoms with E-state index in [-0.39, 0.29) is 11.6 Å². The third-order valence-electron chi connectivity index (χ3n) is 2.10. The standard InChI is InChI=1S/C13H18BrNO2/c1-9(10-5-7-11(14)8-6-10)17-12(16)15-13(2,3)4/h5-9H,1-4H3,(H,15,16)/t9-/m0/s1. The Kier molecular flexibility index (Phi) is 4.57. The predicted molar refractivity (Wildman–Crippen MR) is 71.9 cm³/mol. The van der Waals surface area contributed by atoms with Gasteiger partial charge in [0.1, 0.15) is 6.10 Å². The Morgan fingerprint density at radius 3 is 2.29 bits per heavy atom. The first-order chi connectivity index (χ1) is 7.78. The van der Waals surface area contributed by atoms with Gasteiger partial charge in [-0.25, -0.2) is 4.79 Å². The summed E-state index contributed by atoms with van der Waals surface area (Å²) in [5.74, 6) is 0. The van der Waals surface area contributed by atoms with Crippen LogP contribution < -0.4 is 5.32 Å². The second-order valence-corrected chi connectivity index (χ2v) is 5.89. The van der Waals surface area contributed by atoms with Gasteiger partial charge in [0.15, 0.2) is 0 Å². The molecule has 0 aliphatic carbocycles. The summed E-state index contributed by atoms with van der Waals surface area (Å²) >= 11 is 3.37. The van der Waals surface area contributed by atoms with Gasteiger partial charge in [-0.2, -0.15) is 0 Å². The van der Waals surface area contributed by atoms with Crippen LogP contribution in [0.25, 0.3) is 0 Å². The minimum Gasteiger partial charge on any atom is -0.442 e. The van der Waals surface area contributed by atoms with Gasteiger partial charge in [0.05, 0.1) is 0 Å². The van der Waals surface area contributed by atoms with E-state index in [0.717, 1.165) is 10.0 Å². The van der Waals surface area contributed by atoms with E-state index < -0.39 is 6.09 Å². The van der Waals surface area contributed by atoms with Crippen LogP contribution in [0.1, 0.15) is 39.4 Å². The lowest BCUT2D eigenvalue weighted by molar-refractivity contribution is 0.100. The molecule has 1 aromatic carbocycles. The van der Waals surface area contributed by atoms with Crippen LogP contribution in [0.2, 0.25) is 0 Å². The van der Waals surface area contributed by atoms with Gasteiger partial charge in [0, 0.05) is 10.0 Å². The quantitative estimate of drug-likeness (QED) is 0.895. The number of benzene rings is 1. The molecule has 3 nitrogen and oxygen atoms in total. The minimum absolute atomic E-state index is 0.259. The van der Waals surface area contributed by atoms with Crippen molar-refractivity contribution in [3.05, 3.63) is 34.3 Å². The number of carbonyl (C=O) groups excluding carboxylic acids is 1. The van der Waals surface area contributed by atoms with Crippen molar-refractivity contribution in [2.75, 3.05) is 0 Å². The fourth-order valence-corrected chi connectivity index (χ4v) is 1.56. The van der Waals surface area contributed by atoms with Crippen molar-refractivity contribution in [2.45, 2.75) is 39.3 Å². The van der Waals surface area contributed by atoms with E-state index in [1.54, 1.807) is 0 Å². The van der Waals surface area contributed by atoms with Crippen molar-refractivity contribution in [1.29, 1.82) is 0 Å². The van der Waals surface area contributed by atoms with Gasteiger partial charge in [0.25, 0.3) is 0 Å². The van der Waals surface area contributed by atoms with Gasteiger partial charge < -0.3 is 10.1 Å². The molecule has 0 fully saturated rings. The molecule has 0 aliphatic rings. The maximum Gasteiger partial charge on any atom is 0.408 e. The highest BCUT2D eigenvalue weighted by atomic mass is 79.9. The Labute approximate surface area is 111 Å². The third kappa shape index (κ3) is 5.22. The van der Waals surface area contributed by atoms with Gasteiger partial charge in [-0.3, -0.25) is 0 Å². The van der Waals surface area contributed by atoms with Gasteiger partial charge >= 0.3 is 6.09 Å². The van der Waals surface area contributed by atoms with Crippen molar-refractivity contribution < 1.29 is 9.53 Å². The first kappa shape index (κ1) is 14.0. The molecule has 0 unspecified atom stereocenters. The molecule has 0 heterocycles. The average molecular weight is 300 g/mol. The monoisotopic (exact) mass is 299 g/mol. The Morgan fingerprint density at radius 1 is 1.29 bits per heavy atom. The van der Waals surface area contributed by atoms with Crippen molar-refractivity contribution in [2.24, 2.45) is 0 Å². The summed E-state index contributed by atoms with van der Waals surface area (Å²) in [5.41, 5.74) is 0.688. The number of rotatable bonds is 2. The number of hydrogen-bond acceptors (Lipinski definition) is 2. The summed E-state index contributed by atoms with van der Waals surface area (Å²) in [7, 11) is 0. The van der Waals surface area contributed by atoms with E-state index in [2.05, 4.69) is 21.2 Å². The third-order valence-corrected chi connectivity index (χ3v) is 2.63. The minimum atomic E-state index is -0.395. The first-order valence-electron chi connectivity index (χ1n) is 5.52. The number of halogens is 1. The summed E-state index contributed by atoms with van der Waals surface area (Å²) in [6, 6.07) is 7.71. The zero-order valence-corrected chi connectivity index (χ0v) is 12.2. The Morgan fingerprint density at radius 2 is 1.82 bits per heavy atom. The van der Waals surface area contributed by atoms with Crippen LogP contribution in [0.4, 0.5) is 4.79 Å². The van der Waals surface area contributed by atoms with Gasteiger partial charge in [-0.15, -0.1) is 0 Å². The normalized spacial score (nSPS) is 13.0. The van der Waals surface area contributed by atoms with Crippen LogP contribution in [-0.4, -0.2) is 11.6 Å². The number of nitrogens with one attached hydrogen (secondary N) is 1. The van der Waals surface area contributed by atoms with Crippen LogP contribution in [0.15, 0.2) is 28.7 Å². The van der Waals surface area contributed by atoms with E-state index in [9.17, 15) is 4.79 Å². The van der Waals surface area contributed by atoms with Crippen molar-refractivity contribution in [3.63, 3.8) is 0 Å². The number of ether oxygens (including phenoxy) is 1. The lowest BCUT2D eigenvalue weighted by Crippen LogP contribution is -2.41. The lowest BCUT2D eigenvalue weighted by atomic mass is 10.1. The molecule has 17 heavy (non-hydrogen) atoms. The summed E-state index contributed by atoms with van der Waals surface area (Å²) in [5, 5.41) is 2.76. The largest absolute Gasteiger partial charge is 0.442 e. The fraction of sp³-hybridized carbons (Fsp3) is 0.462. The summed E-state index contributed by atoms with van der Waals surface area (Å²) in [6.07, 6.45) is -0.654. The molecule has 0 radical (unpaired) electrons. The molecule has 0 aliphatic heterocycles. The summed E-state index contributed by atoms with van der Waals surface area (Å²) in [6.45, 7) is 7.60. The molecule has 1 amide bonds. The SMILES string of the molecule is C[C@H](OC(=O)NC(C)(C)C)c1ccc(Br)cc1. The lowest BCUT2D eigenvalue weighted by Gasteiger charge is -2.22. The van der Waals surface area contributed by atoms with Gasteiger partial charge in [0.2, 0.25) is 0 Å². The van der Waals surface area contributed by atoms with E-state index in [1.165, 1.54) is 0 Å². The highest BCUT2D eigenvalue weighted by molar-refractivity contribution is 9.10. The maximum atomic E-state index is 11.6. The molecule has 1 N–H and O–H groups in total. The zero-order chi connectivity index (χ0) is 13.1. The van der Waals surface area contributed by atoms with Crippen LogP contribution in [0, 0.1) is 0 Å². The zero-order valence-electron chi connectivity index (χ0n) is 10.6. The fourth-order valence-electron chi connectivity index (χ4n) is 1.30. The molecular formula is C13H18BrNO2. The molecule has 0 saturated carbocycles. The molecule has 1 atom stereocenters. The van der Waals surface area contributed by atoms with Gasteiger partial charge in [-0.1, -0.05) is 28.1 Å². The molecule has 4 heteroatoms. The van der Waals surface area contributed by atoms with Crippen LogP contribution in [0.5, 0.6) is 0 Å². The molecule has 94 valence electrons. The van der Waals surface area contributed by atoms with Crippen LogP contribution in [-0.2, 0) is 4.74 Å². The molecular weight excluding hydrogens is 282 g/mol. The smallest absolute Gasteiger partial charge is 0.408 e. The average Bonchev–Trinajstić information content (AvgIpc) is 2.15. The second-order valence-electron chi connectivity index (χ2n) is 4.97. The number of carbonyl (C=O) groups is 1. The van der Waals surface area contributed by atoms with E-state index in [1.807, 2.05) is 52.0 Å². The number of hydrogen-bond donors (Lipinski definition) is 1. The number of alkyl carbamates (subject to hydrolysis) is 1. The van der Waals surface area contributed by atoms with E-state index in [4.69, 9.17) is 4.74 Å². The highest BCUT2D eigenvalue weighted by Gasteiger charge is 2.17. The number of amides is 1. The molecule has 1 rings (SSSR count).